The van der Waals surface area contributed by atoms with Crippen LogP contribution in [0.3, 0.4) is 0 Å². The fraction of sp³-hybridized carbons (Fsp3) is 0.667. The van der Waals surface area contributed by atoms with E-state index in [9.17, 15) is 9.59 Å². The van der Waals surface area contributed by atoms with E-state index >= 15 is 0 Å². The molecule has 0 N–H and O–H groups in total. The average Bonchev–Trinajstić information content (AvgIpc) is 3.07. The molecule has 2 fully saturated rings. The molecule has 0 spiro atoms. The van der Waals surface area contributed by atoms with Crippen molar-refractivity contribution in [1.29, 1.82) is 0 Å². The molecule has 2 heterocycles. The van der Waals surface area contributed by atoms with Crippen LogP contribution in [0.2, 0.25) is 0 Å². The quantitative estimate of drug-likeness (QED) is 0.826. The van der Waals surface area contributed by atoms with E-state index in [1.807, 2.05) is 11.9 Å². The molecule has 2 aliphatic rings. The van der Waals surface area contributed by atoms with Gasteiger partial charge >= 0.3 is 0 Å². The number of hydrogen-bond donors (Lipinski definition) is 0. The van der Waals surface area contributed by atoms with Crippen molar-refractivity contribution in [3.63, 3.8) is 0 Å². The highest BCUT2D eigenvalue weighted by molar-refractivity contribution is 5.93. The predicted molar refractivity (Wildman–Crippen MR) is 74.2 cm³/mol. The second-order valence-corrected chi connectivity index (χ2v) is 5.90. The van der Waals surface area contributed by atoms with Gasteiger partial charge in [-0.15, -0.1) is 0 Å². The number of amides is 1. The van der Waals surface area contributed by atoms with Gasteiger partial charge in [0.25, 0.3) is 5.91 Å². The number of hydrogen-bond acceptors (Lipinski definition) is 3. The van der Waals surface area contributed by atoms with Gasteiger partial charge in [-0.2, -0.15) is 5.10 Å². The third-order valence-electron chi connectivity index (χ3n) is 4.56. The highest BCUT2D eigenvalue weighted by atomic mass is 16.2. The Kier molecular flexibility index (Phi) is 3.59. The normalized spacial score (nSPS) is 27.1. The van der Waals surface area contributed by atoms with Crippen LogP contribution in [-0.2, 0) is 11.8 Å². The summed E-state index contributed by atoms with van der Waals surface area (Å²) in [6.45, 7) is 0.754. The Morgan fingerprint density at radius 3 is 2.80 bits per heavy atom. The lowest BCUT2D eigenvalue weighted by molar-refractivity contribution is -0.122. The van der Waals surface area contributed by atoms with Crippen LogP contribution in [0.25, 0.3) is 0 Å². The first-order valence-corrected chi connectivity index (χ1v) is 7.50. The maximum atomic E-state index is 12.6. The van der Waals surface area contributed by atoms with Gasteiger partial charge in [0.2, 0.25) is 0 Å². The van der Waals surface area contributed by atoms with E-state index in [4.69, 9.17) is 0 Å². The Balaban J connectivity index is 1.81. The molecule has 108 valence electrons. The number of aryl methyl sites for hydroxylation is 1. The van der Waals surface area contributed by atoms with E-state index in [1.54, 1.807) is 16.9 Å². The molecule has 5 nitrogen and oxygen atoms in total. The highest BCUT2D eigenvalue weighted by Crippen LogP contribution is 2.33. The van der Waals surface area contributed by atoms with Crippen molar-refractivity contribution >= 4 is 11.7 Å². The summed E-state index contributed by atoms with van der Waals surface area (Å²) in [5.74, 6) is 0.383. The van der Waals surface area contributed by atoms with Gasteiger partial charge in [0.05, 0.1) is 0 Å². The fourth-order valence-corrected chi connectivity index (χ4v) is 3.55. The summed E-state index contributed by atoms with van der Waals surface area (Å²) in [7, 11) is 1.81. The highest BCUT2D eigenvalue weighted by Gasteiger charge is 2.39. The van der Waals surface area contributed by atoms with Crippen molar-refractivity contribution in [3.05, 3.63) is 18.0 Å². The Morgan fingerprint density at radius 1 is 1.30 bits per heavy atom. The Bertz CT molecular complexity index is 523. The van der Waals surface area contributed by atoms with E-state index in [-0.39, 0.29) is 17.9 Å². The molecule has 20 heavy (non-hydrogen) atoms. The molecule has 1 saturated heterocycles. The Labute approximate surface area is 118 Å². The number of ketones is 1. The molecule has 1 aromatic heterocycles. The summed E-state index contributed by atoms with van der Waals surface area (Å²) < 4.78 is 1.65. The van der Waals surface area contributed by atoms with Crippen LogP contribution in [0.15, 0.2) is 12.3 Å². The van der Waals surface area contributed by atoms with Gasteiger partial charge in [0.1, 0.15) is 11.5 Å². The van der Waals surface area contributed by atoms with E-state index < -0.39 is 0 Å². The molecule has 2 atom stereocenters. The minimum atomic E-state index is -0.0185. The van der Waals surface area contributed by atoms with E-state index in [0.29, 0.717) is 17.9 Å². The van der Waals surface area contributed by atoms with E-state index in [0.717, 1.165) is 38.6 Å². The molecular weight excluding hydrogens is 254 g/mol. The number of carbonyl (C=O) groups excluding carboxylic acids is 2. The molecule has 1 aliphatic heterocycles. The topological polar surface area (TPSA) is 55.2 Å². The van der Waals surface area contributed by atoms with Gasteiger partial charge in [-0.1, -0.05) is 0 Å². The number of rotatable bonds is 2. The lowest BCUT2D eigenvalue weighted by atomic mass is 9.88. The lowest BCUT2D eigenvalue weighted by Gasteiger charge is -2.38. The second kappa shape index (κ2) is 5.38. The first kappa shape index (κ1) is 13.3. The third kappa shape index (κ3) is 2.37. The smallest absolute Gasteiger partial charge is 0.274 e. The van der Waals surface area contributed by atoms with Crippen LogP contribution in [0.1, 0.15) is 49.0 Å². The van der Waals surface area contributed by atoms with Gasteiger partial charge in [0, 0.05) is 38.2 Å². The van der Waals surface area contributed by atoms with Gasteiger partial charge in [-0.3, -0.25) is 14.3 Å². The number of likely N-dealkylation sites (tertiary alicyclic amines) is 1. The molecule has 0 radical (unpaired) electrons. The number of Topliss-reactive ketones (excluding diaryl/α,β-unsaturated/α-hetero) is 1. The molecule has 5 heteroatoms. The summed E-state index contributed by atoms with van der Waals surface area (Å²) in [5.41, 5.74) is 0.491. The molecule has 2 unspecified atom stereocenters. The number of carbonyl (C=O) groups is 2. The summed E-state index contributed by atoms with van der Waals surface area (Å²) >= 11 is 0. The Hall–Kier alpha value is -1.65. The number of piperidine rings is 1. The zero-order valence-corrected chi connectivity index (χ0v) is 11.9. The van der Waals surface area contributed by atoms with E-state index in [2.05, 4.69) is 5.10 Å². The number of aromatic nitrogens is 2. The van der Waals surface area contributed by atoms with Gasteiger partial charge in [-0.25, -0.2) is 0 Å². The molecule has 1 aliphatic carbocycles. The summed E-state index contributed by atoms with van der Waals surface area (Å²) in [5, 5.41) is 4.21. The van der Waals surface area contributed by atoms with Crippen LogP contribution >= 0.6 is 0 Å². The summed E-state index contributed by atoms with van der Waals surface area (Å²) in [6, 6.07) is 1.85. The van der Waals surface area contributed by atoms with Gasteiger partial charge < -0.3 is 4.90 Å². The van der Waals surface area contributed by atoms with Crippen LogP contribution in [0.5, 0.6) is 0 Å². The summed E-state index contributed by atoms with van der Waals surface area (Å²) in [6.07, 6.45) is 7.48. The first-order chi connectivity index (χ1) is 9.66. The molecule has 0 aromatic carbocycles. The molecule has 3 rings (SSSR count). The largest absolute Gasteiger partial charge is 0.334 e. The minimum Gasteiger partial charge on any atom is -0.334 e. The van der Waals surface area contributed by atoms with Crippen molar-refractivity contribution in [1.82, 2.24) is 14.7 Å². The molecule has 0 bridgehead atoms. The van der Waals surface area contributed by atoms with E-state index in [1.165, 1.54) is 0 Å². The summed E-state index contributed by atoms with van der Waals surface area (Å²) in [4.78, 5) is 26.6. The second-order valence-electron chi connectivity index (χ2n) is 5.90. The average molecular weight is 275 g/mol. The standard InChI is InChI=1S/C15H21N3O2/c1-17-10-8-12(16-17)15(20)18-9-3-2-6-13(18)11-5-4-7-14(11)19/h8,10-11,13H,2-7,9H2,1H3. The van der Waals surface area contributed by atoms with Crippen molar-refractivity contribution in [2.45, 2.75) is 44.6 Å². The molecule has 1 saturated carbocycles. The van der Waals surface area contributed by atoms with Crippen molar-refractivity contribution < 1.29 is 9.59 Å². The number of nitrogens with zero attached hydrogens (tertiary/aromatic N) is 3. The Morgan fingerprint density at radius 2 is 2.15 bits per heavy atom. The maximum absolute atomic E-state index is 12.6. The van der Waals surface area contributed by atoms with Gasteiger partial charge in [0.15, 0.2) is 0 Å². The van der Waals surface area contributed by atoms with Crippen molar-refractivity contribution in [2.24, 2.45) is 13.0 Å². The minimum absolute atomic E-state index is 0.0185. The van der Waals surface area contributed by atoms with Crippen molar-refractivity contribution in [3.8, 4) is 0 Å². The van der Waals surface area contributed by atoms with Crippen molar-refractivity contribution in [2.75, 3.05) is 6.54 Å². The first-order valence-electron chi connectivity index (χ1n) is 7.50. The predicted octanol–water partition coefficient (Wildman–Crippen LogP) is 1.78. The lowest BCUT2D eigenvalue weighted by Crippen LogP contribution is -2.48. The zero-order valence-electron chi connectivity index (χ0n) is 11.9. The molecular formula is C15H21N3O2. The van der Waals surface area contributed by atoms with Crippen LogP contribution in [-0.4, -0.2) is 39.0 Å². The SMILES string of the molecule is Cn1ccc(C(=O)N2CCCCC2C2CCCC2=O)n1. The fourth-order valence-electron chi connectivity index (χ4n) is 3.55. The monoisotopic (exact) mass is 275 g/mol. The van der Waals surface area contributed by atoms with Crippen LogP contribution < -0.4 is 0 Å². The van der Waals surface area contributed by atoms with Gasteiger partial charge in [-0.05, 0) is 38.2 Å². The van der Waals surface area contributed by atoms with Crippen LogP contribution in [0.4, 0.5) is 0 Å². The maximum Gasteiger partial charge on any atom is 0.274 e. The zero-order chi connectivity index (χ0) is 14.1. The third-order valence-corrected chi connectivity index (χ3v) is 4.56. The molecule has 1 aromatic rings. The van der Waals surface area contributed by atoms with Crippen LogP contribution in [0, 0.1) is 5.92 Å². The molecule has 1 amide bonds.